The number of nitrogen functional groups attached to an aromatic ring is 1. The predicted octanol–water partition coefficient (Wildman–Crippen LogP) is 1.05. The molecule has 0 spiro atoms. The van der Waals surface area contributed by atoms with Gasteiger partial charge in [0, 0.05) is 18.2 Å². The minimum atomic E-state index is 0.395. The first-order valence-electron chi connectivity index (χ1n) is 5.91. The van der Waals surface area contributed by atoms with E-state index in [0.717, 1.165) is 30.8 Å². The second kappa shape index (κ2) is 5.29. The number of nitrogens with zero attached hydrogens (tertiary/aromatic N) is 2. The number of aromatic nitrogens is 2. The molecule has 1 heterocycles. The molecule has 1 aromatic heterocycles. The van der Waals surface area contributed by atoms with Crippen molar-refractivity contribution in [3.63, 3.8) is 0 Å². The maximum atomic E-state index is 5.52. The van der Waals surface area contributed by atoms with E-state index < -0.39 is 0 Å². The fourth-order valence-electron chi connectivity index (χ4n) is 1.99. The van der Waals surface area contributed by atoms with Crippen molar-refractivity contribution in [1.29, 1.82) is 0 Å². The van der Waals surface area contributed by atoms with Gasteiger partial charge in [0.25, 0.3) is 0 Å². The molecule has 6 nitrogen and oxygen atoms in total. The fraction of sp³-hybridized carbons (Fsp3) is 0.636. The third kappa shape index (κ3) is 2.65. The van der Waals surface area contributed by atoms with Crippen LogP contribution in [0.25, 0.3) is 0 Å². The Morgan fingerprint density at radius 1 is 1.41 bits per heavy atom. The number of ether oxygens (including phenoxy) is 1. The summed E-state index contributed by atoms with van der Waals surface area (Å²) in [5.74, 6) is 6.87. The molecule has 1 fully saturated rings. The minimum Gasteiger partial charge on any atom is -0.378 e. The lowest BCUT2D eigenvalue weighted by atomic mass is 9.89. The summed E-state index contributed by atoms with van der Waals surface area (Å²) >= 11 is 0. The molecule has 0 atom stereocenters. The van der Waals surface area contributed by atoms with E-state index in [1.165, 1.54) is 6.33 Å². The topological polar surface area (TPSA) is 85.1 Å². The number of hydrazine groups is 1. The molecule has 2 rings (SSSR count). The van der Waals surface area contributed by atoms with Gasteiger partial charge in [-0.25, -0.2) is 15.8 Å². The molecule has 0 aliphatic heterocycles. The summed E-state index contributed by atoms with van der Waals surface area (Å²) in [6.07, 6.45) is 3.96. The van der Waals surface area contributed by atoms with E-state index in [0.29, 0.717) is 18.0 Å². The monoisotopic (exact) mass is 237 g/mol. The molecule has 1 saturated carbocycles. The smallest absolute Gasteiger partial charge is 0.148 e. The molecule has 0 radical (unpaired) electrons. The zero-order valence-electron chi connectivity index (χ0n) is 10.2. The van der Waals surface area contributed by atoms with Crippen LogP contribution in [0.4, 0.5) is 11.6 Å². The summed E-state index contributed by atoms with van der Waals surface area (Å²) in [6, 6.07) is 0.436. The Hall–Kier alpha value is -1.40. The van der Waals surface area contributed by atoms with E-state index in [4.69, 9.17) is 10.6 Å². The highest BCUT2D eigenvalue weighted by Crippen LogP contribution is 2.28. The first-order chi connectivity index (χ1) is 8.24. The van der Waals surface area contributed by atoms with E-state index in [2.05, 4.69) is 20.7 Å². The largest absolute Gasteiger partial charge is 0.378 e. The normalized spacial score (nSPS) is 23.0. The highest BCUT2D eigenvalue weighted by molar-refractivity contribution is 5.56. The van der Waals surface area contributed by atoms with Crippen molar-refractivity contribution in [3.8, 4) is 0 Å². The van der Waals surface area contributed by atoms with Gasteiger partial charge >= 0.3 is 0 Å². The van der Waals surface area contributed by atoms with E-state index in [1.807, 2.05) is 13.8 Å². The molecule has 6 heteroatoms. The molecule has 4 N–H and O–H groups in total. The average molecular weight is 237 g/mol. The molecule has 0 amide bonds. The van der Waals surface area contributed by atoms with Gasteiger partial charge in [-0.1, -0.05) is 0 Å². The van der Waals surface area contributed by atoms with Crippen LogP contribution in [-0.4, -0.2) is 28.7 Å². The van der Waals surface area contributed by atoms with Crippen LogP contribution in [0.3, 0.4) is 0 Å². The number of hydrogen-bond donors (Lipinski definition) is 3. The summed E-state index contributed by atoms with van der Waals surface area (Å²) in [4.78, 5) is 8.26. The zero-order chi connectivity index (χ0) is 12.3. The molecule has 0 saturated heterocycles. The Bertz CT molecular complexity index is 378. The Balaban J connectivity index is 1.92. The first-order valence-corrected chi connectivity index (χ1v) is 5.91. The molecule has 0 aromatic carbocycles. The van der Waals surface area contributed by atoms with Crippen LogP contribution in [0.1, 0.15) is 25.3 Å². The van der Waals surface area contributed by atoms with Gasteiger partial charge in [-0.3, -0.25) is 0 Å². The lowest BCUT2D eigenvalue weighted by Crippen LogP contribution is -2.41. The van der Waals surface area contributed by atoms with Crippen molar-refractivity contribution >= 4 is 11.6 Å². The van der Waals surface area contributed by atoms with Crippen LogP contribution in [0.5, 0.6) is 0 Å². The van der Waals surface area contributed by atoms with Crippen LogP contribution in [0.15, 0.2) is 6.33 Å². The summed E-state index contributed by atoms with van der Waals surface area (Å²) in [5, 5.41) is 3.38. The third-order valence-corrected chi connectivity index (χ3v) is 3.06. The molecule has 94 valence electrons. The van der Waals surface area contributed by atoms with Crippen molar-refractivity contribution < 1.29 is 4.74 Å². The van der Waals surface area contributed by atoms with Crippen molar-refractivity contribution in [2.75, 3.05) is 17.3 Å². The Kier molecular flexibility index (Phi) is 3.75. The second-order valence-corrected chi connectivity index (χ2v) is 4.23. The fourth-order valence-corrected chi connectivity index (χ4v) is 1.99. The predicted molar refractivity (Wildman–Crippen MR) is 66.6 cm³/mol. The van der Waals surface area contributed by atoms with Crippen molar-refractivity contribution in [2.24, 2.45) is 5.84 Å². The third-order valence-electron chi connectivity index (χ3n) is 3.06. The van der Waals surface area contributed by atoms with E-state index in [9.17, 15) is 0 Å². The number of rotatable bonds is 5. The molecule has 1 aromatic rings. The first kappa shape index (κ1) is 12.1. The van der Waals surface area contributed by atoms with Gasteiger partial charge in [-0.15, -0.1) is 0 Å². The lowest BCUT2D eigenvalue weighted by molar-refractivity contribution is 0.00291. The van der Waals surface area contributed by atoms with Gasteiger partial charge in [0.15, 0.2) is 0 Å². The van der Waals surface area contributed by atoms with Gasteiger partial charge in [0.05, 0.1) is 6.10 Å². The number of nitrogens with two attached hydrogens (primary N) is 1. The molecule has 0 unspecified atom stereocenters. The van der Waals surface area contributed by atoms with E-state index in [1.54, 1.807) is 0 Å². The highest BCUT2D eigenvalue weighted by Gasteiger charge is 2.30. The number of hydrogen-bond acceptors (Lipinski definition) is 6. The number of nitrogens with one attached hydrogen (secondary N) is 2. The lowest BCUT2D eigenvalue weighted by Gasteiger charge is -2.36. The van der Waals surface area contributed by atoms with E-state index >= 15 is 0 Å². The number of anilines is 2. The zero-order valence-corrected chi connectivity index (χ0v) is 10.2. The minimum absolute atomic E-state index is 0.395. The van der Waals surface area contributed by atoms with Crippen molar-refractivity contribution in [2.45, 2.75) is 38.8 Å². The molecule has 1 aliphatic carbocycles. The maximum absolute atomic E-state index is 5.52. The van der Waals surface area contributed by atoms with Crippen LogP contribution in [-0.2, 0) is 4.74 Å². The highest BCUT2D eigenvalue weighted by atomic mass is 16.5. The molecule has 0 bridgehead atoms. The second-order valence-electron chi connectivity index (χ2n) is 4.23. The van der Waals surface area contributed by atoms with Crippen LogP contribution in [0.2, 0.25) is 0 Å². The molecule has 1 aliphatic rings. The van der Waals surface area contributed by atoms with E-state index in [-0.39, 0.29) is 0 Å². The molecular weight excluding hydrogens is 218 g/mol. The van der Waals surface area contributed by atoms with Crippen LogP contribution < -0.4 is 16.6 Å². The standard InChI is InChI=1S/C11H19N5O/c1-3-17-9-4-8(5-9)15-10-7(2)11(16-12)14-6-13-10/h6,8-9H,3-5,12H2,1-2H3,(H2,13,14,15,16). The maximum Gasteiger partial charge on any atom is 0.148 e. The van der Waals surface area contributed by atoms with Gasteiger partial charge < -0.3 is 15.5 Å². The Morgan fingerprint density at radius 3 is 2.76 bits per heavy atom. The van der Waals surface area contributed by atoms with Crippen molar-refractivity contribution in [1.82, 2.24) is 9.97 Å². The van der Waals surface area contributed by atoms with Gasteiger partial charge in [-0.05, 0) is 26.7 Å². The van der Waals surface area contributed by atoms with Crippen LogP contribution in [0, 0.1) is 6.92 Å². The summed E-state index contributed by atoms with van der Waals surface area (Å²) in [6.45, 7) is 4.75. The molecule has 17 heavy (non-hydrogen) atoms. The summed E-state index contributed by atoms with van der Waals surface area (Å²) in [5.41, 5.74) is 3.50. The SMILES string of the molecule is CCOC1CC(Nc2ncnc(NN)c2C)C1. The van der Waals surface area contributed by atoms with Crippen LogP contribution >= 0.6 is 0 Å². The quantitative estimate of drug-likeness (QED) is 0.524. The average Bonchev–Trinajstić information content (AvgIpc) is 2.28. The summed E-state index contributed by atoms with van der Waals surface area (Å²) in [7, 11) is 0. The van der Waals surface area contributed by atoms with Gasteiger partial charge in [0.2, 0.25) is 0 Å². The Labute approximate surface area is 101 Å². The van der Waals surface area contributed by atoms with Gasteiger partial charge in [0.1, 0.15) is 18.0 Å². The summed E-state index contributed by atoms with van der Waals surface area (Å²) < 4.78 is 5.52. The molecular formula is C11H19N5O. The Morgan fingerprint density at radius 2 is 2.12 bits per heavy atom. The van der Waals surface area contributed by atoms with Crippen molar-refractivity contribution in [3.05, 3.63) is 11.9 Å². The van der Waals surface area contributed by atoms with Gasteiger partial charge in [-0.2, -0.15) is 0 Å².